The third kappa shape index (κ3) is 3.78. The smallest absolute Gasteiger partial charge is 0.109 e. The molecule has 0 aliphatic heterocycles. The van der Waals surface area contributed by atoms with Crippen LogP contribution in [-0.2, 0) is 0 Å². The van der Waals surface area contributed by atoms with Gasteiger partial charge in [0.15, 0.2) is 0 Å². The molecule has 0 saturated carbocycles. The van der Waals surface area contributed by atoms with Gasteiger partial charge in [0.1, 0.15) is 4.83 Å². The van der Waals surface area contributed by atoms with Gasteiger partial charge < -0.3 is 4.57 Å². The summed E-state index contributed by atoms with van der Waals surface area (Å²) in [6.45, 7) is 0. The Labute approximate surface area is 300 Å². The van der Waals surface area contributed by atoms with Crippen molar-refractivity contribution in [1.82, 2.24) is 9.55 Å². The second-order valence-electron chi connectivity index (χ2n) is 13.4. The lowest BCUT2D eigenvalue weighted by atomic mass is 9.90. The fourth-order valence-corrected chi connectivity index (χ4v) is 10.9. The summed E-state index contributed by atoms with van der Waals surface area (Å²) in [5.41, 5.74) is 5.56. The molecule has 0 N–H and O–H groups in total. The van der Waals surface area contributed by atoms with Crippen LogP contribution in [0.1, 0.15) is 0 Å². The fraction of sp³-hybridized carbons (Fsp3) is 0. The Hall–Kier alpha value is -6.07. The van der Waals surface area contributed by atoms with Crippen LogP contribution in [0.4, 0.5) is 0 Å². The number of benzene rings is 8. The van der Waals surface area contributed by atoms with Gasteiger partial charge in [0, 0.05) is 68.4 Å². The molecule has 0 spiro atoms. The van der Waals surface area contributed by atoms with E-state index in [1.54, 1.807) is 0 Å². The Morgan fingerprint density at radius 2 is 0.980 bits per heavy atom. The molecule has 0 saturated heterocycles. The number of rotatable bonds is 2. The number of fused-ring (bicyclic) bond motifs is 16. The predicted octanol–water partition coefficient (Wildman–Crippen LogP) is 14.0. The molecule has 4 heteroatoms. The lowest BCUT2D eigenvalue weighted by molar-refractivity contribution is 1.20. The van der Waals surface area contributed by atoms with Crippen molar-refractivity contribution in [3.63, 3.8) is 0 Å². The largest absolute Gasteiger partial charge is 0.301 e. The van der Waals surface area contributed by atoms with Gasteiger partial charge in [-0.2, -0.15) is 0 Å². The minimum Gasteiger partial charge on any atom is -0.301 e. The van der Waals surface area contributed by atoms with Crippen LogP contribution in [-0.4, -0.2) is 9.55 Å². The molecule has 0 fully saturated rings. The minimum atomic E-state index is 1.01. The van der Waals surface area contributed by atoms with Crippen LogP contribution in [0, 0.1) is 0 Å². The van der Waals surface area contributed by atoms with Gasteiger partial charge in [-0.3, -0.25) is 0 Å². The number of para-hydroxylation sites is 1. The van der Waals surface area contributed by atoms with Crippen LogP contribution in [0.2, 0.25) is 0 Å². The van der Waals surface area contributed by atoms with Crippen molar-refractivity contribution in [3.05, 3.63) is 158 Å². The lowest BCUT2D eigenvalue weighted by Gasteiger charge is -2.16. The summed E-state index contributed by atoms with van der Waals surface area (Å²) < 4.78 is 6.47. The summed E-state index contributed by atoms with van der Waals surface area (Å²) in [5, 5.41) is 15.3. The van der Waals surface area contributed by atoms with Crippen molar-refractivity contribution in [1.29, 1.82) is 0 Å². The van der Waals surface area contributed by atoms with E-state index in [-0.39, 0.29) is 0 Å². The number of aromatic nitrogens is 2. The summed E-state index contributed by atoms with van der Waals surface area (Å²) in [6, 6.07) is 57.9. The molecule has 4 heterocycles. The van der Waals surface area contributed by atoms with Crippen molar-refractivity contribution in [2.45, 2.75) is 0 Å². The molecule has 0 aliphatic carbocycles. The van der Waals surface area contributed by atoms with Crippen LogP contribution < -0.4 is 0 Å². The first-order chi connectivity index (χ1) is 25.3. The van der Waals surface area contributed by atoms with Crippen LogP contribution >= 0.6 is 22.7 Å². The molecule has 4 aromatic heterocycles. The van der Waals surface area contributed by atoms with E-state index in [4.69, 9.17) is 4.98 Å². The standard InChI is InChI=1S/C47H26N2S2/c1-3-14-32-29(11-1)30-12-2-4-15-33(30)45-43(32)34-16-5-8-18-38(34)48-46(45)27-21-23-28(24-22-27)49-39-25-36-31-13-6-9-19-40(31)50-42(36)26-37(39)44-35-17-7-10-20-41(35)51-47(44)49/h1-26H. The van der Waals surface area contributed by atoms with Gasteiger partial charge in [-0.1, -0.05) is 115 Å². The molecular weight excluding hydrogens is 657 g/mol. The molecule has 0 atom stereocenters. The highest BCUT2D eigenvalue weighted by atomic mass is 32.1. The topological polar surface area (TPSA) is 17.8 Å². The highest BCUT2D eigenvalue weighted by Crippen LogP contribution is 2.47. The number of nitrogens with zero attached hydrogens (tertiary/aromatic N) is 2. The van der Waals surface area contributed by atoms with Gasteiger partial charge >= 0.3 is 0 Å². The summed E-state index contributed by atoms with van der Waals surface area (Å²) in [4.78, 5) is 6.69. The van der Waals surface area contributed by atoms with Gasteiger partial charge in [-0.15, -0.1) is 22.7 Å². The van der Waals surface area contributed by atoms with Gasteiger partial charge in [-0.25, -0.2) is 4.98 Å². The van der Waals surface area contributed by atoms with Gasteiger partial charge in [0.2, 0.25) is 0 Å². The predicted molar refractivity (Wildman–Crippen MR) is 222 cm³/mol. The average molecular weight is 683 g/mol. The van der Waals surface area contributed by atoms with E-state index in [0.29, 0.717) is 0 Å². The number of thiophene rings is 2. The highest BCUT2D eigenvalue weighted by molar-refractivity contribution is 7.26. The zero-order valence-corrected chi connectivity index (χ0v) is 28.9. The van der Waals surface area contributed by atoms with Crippen molar-refractivity contribution in [2.75, 3.05) is 0 Å². The van der Waals surface area contributed by atoms with Crippen molar-refractivity contribution < 1.29 is 0 Å². The number of hydrogen-bond acceptors (Lipinski definition) is 3. The maximum atomic E-state index is 5.41. The molecule has 0 radical (unpaired) electrons. The molecule has 0 bridgehead atoms. The van der Waals surface area contributed by atoms with Crippen LogP contribution in [0.25, 0.3) is 112 Å². The first-order valence-corrected chi connectivity index (χ1v) is 18.9. The molecule has 51 heavy (non-hydrogen) atoms. The Balaban J connectivity index is 1.15. The van der Waals surface area contributed by atoms with Crippen LogP contribution in [0.3, 0.4) is 0 Å². The van der Waals surface area contributed by atoms with E-state index in [1.807, 2.05) is 22.7 Å². The second-order valence-corrected chi connectivity index (χ2v) is 15.6. The van der Waals surface area contributed by atoms with Crippen LogP contribution in [0.15, 0.2) is 158 Å². The van der Waals surface area contributed by atoms with Gasteiger partial charge in [-0.05, 0) is 64.0 Å². The second kappa shape index (κ2) is 10.2. The Morgan fingerprint density at radius 3 is 1.73 bits per heavy atom. The average Bonchev–Trinajstić information content (AvgIpc) is 3.85. The Kier molecular flexibility index (Phi) is 5.56. The zero-order chi connectivity index (χ0) is 33.2. The third-order valence-corrected chi connectivity index (χ3v) is 13.0. The van der Waals surface area contributed by atoms with Crippen molar-refractivity contribution in [2.24, 2.45) is 0 Å². The molecule has 8 aromatic carbocycles. The van der Waals surface area contributed by atoms with E-state index in [1.165, 1.54) is 89.1 Å². The molecule has 12 rings (SSSR count). The van der Waals surface area contributed by atoms with E-state index in [0.717, 1.165) is 22.5 Å². The summed E-state index contributed by atoms with van der Waals surface area (Å²) in [5.74, 6) is 0. The monoisotopic (exact) mass is 682 g/mol. The van der Waals surface area contributed by atoms with E-state index >= 15 is 0 Å². The molecule has 0 aliphatic rings. The third-order valence-electron chi connectivity index (χ3n) is 10.8. The van der Waals surface area contributed by atoms with Crippen LogP contribution in [0.5, 0.6) is 0 Å². The van der Waals surface area contributed by atoms with E-state index in [2.05, 4.69) is 162 Å². The lowest BCUT2D eigenvalue weighted by Crippen LogP contribution is -1.95. The van der Waals surface area contributed by atoms with Crippen molar-refractivity contribution in [3.8, 4) is 16.9 Å². The summed E-state index contributed by atoms with van der Waals surface area (Å²) in [6.07, 6.45) is 0. The molecule has 2 nitrogen and oxygen atoms in total. The number of pyridine rings is 1. The zero-order valence-electron chi connectivity index (χ0n) is 27.2. The highest BCUT2D eigenvalue weighted by Gasteiger charge is 2.21. The summed E-state index contributed by atoms with van der Waals surface area (Å²) >= 11 is 3.77. The Morgan fingerprint density at radius 1 is 0.392 bits per heavy atom. The van der Waals surface area contributed by atoms with Gasteiger partial charge in [0.05, 0.1) is 16.7 Å². The van der Waals surface area contributed by atoms with Gasteiger partial charge in [0.25, 0.3) is 0 Å². The molecule has 12 aromatic rings. The van der Waals surface area contributed by atoms with Crippen molar-refractivity contribution >= 4 is 117 Å². The molecule has 0 amide bonds. The number of hydrogen-bond donors (Lipinski definition) is 0. The maximum Gasteiger partial charge on any atom is 0.109 e. The minimum absolute atomic E-state index is 1.01. The first kappa shape index (κ1) is 27.7. The maximum absolute atomic E-state index is 5.41. The SMILES string of the molecule is c1ccc2c(c1)nc(-c1ccc(-n3c4cc5c(cc4c4c6ccccc6sc43)sc3ccccc35)cc1)c1c3ccccc3c3ccccc3c21. The molecule has 236 valence electrons. The fourth-order valence-electron chi connectivity index (χ4n) is 8.56. The molecular formula is C47H26N2S2. The van der Waals surface area contributed by atoms with E-state index in [9.17, 15) is 0 Å². The van der Waals surface area contributed by atoms with E-state index < -0.39 is 0 Å². The normalized spacial score (nSPS) is 12.3. The first-order valence-electron chi connectivity index (χ1n) is 17.3. The quantitative estimate of drug-likeness (QED) is 0.166. The summed E-state index contributed by atoms with van der Waals surface area (Å²) in [7, 11) is 0. The molecule has 0 unspecified atom stereocenters. The Bertz CT molecular complexity index is 3420.